The fourth-order valence-corrected chi connectivity index (χ4v) is 8.08. The number of methoxy groups -OCH3 is 1. The van der Waals surface area contributed by atoms with E-state index in [1.54, 1.807) is 45.6 Å². The number of aromatic nitrogens is 2. The van der Waals surface area contributed by atoms with E-state index in [-0.39, 0.29) is 37.2 Å². The molecular formula is C31H49F2N4O11PSi2. The van der Waals surface area contributed by atoms with Gasteiger partial charge < -0.3 is 32.3 Å². The van der Waals surface area contributed by atoms with Crippen molar-refractivity contribution in [2.45, 2.75) is 103 Å². The zero-order chi connectivity index (χ0) is 38.4. The molecule has 2 heterocycles. The van der Waals surface area contributed by atoms with E-state index in [1.165, 1.54) is 32.2 Å². The first-order valence-electron chi connectivity index (χ1n) is 16.2. The number of nitrogens with one attached hydrogen (secondary N) is 2. The van der Waals surface area contributed by atoms with Crippen LogP contribution in [0.15, 0.2) is 41.3 Å². The predicted octanol–water partition coefficient (Wildman–Crippen LogP) is 5.70. The summed E-state index contributed by atoms with van der Waals surface area (Å²) in [5.74, 6) is -4.23. The summed E-state index contributed by atoms with van der Waals surface area (Å²) in [7, 11) is -6.91. The van der Waals surface area contributed by atoms with Gasteiger partial charge in [-0.3, -0.25) is 19.2 Å². The normalized spacial score (nSPS) is 20.8. The maximum atomic E-state index is 15.8. The largest absolute Gasteiger partial charge is 0.462 e. The average molecular weight is 779 g/mol. The highest BCUT2D eigenvalue weighted by atomic mass is 31.2. The van der Waals surface area contributed by atoms with E-state index in [0.29, 0.717) is 10.1 Å². The Morgan fingerprint density at radius 2 is 1.71 bits per heavy atom. The third kappa shape index (κ3) is 12.8. The number of amides is 1. The van der Waals surface area contributed by atoms with Gasteiger partial charge in [-0.25, -0.2) is 14.7 Å². The molecule has 0 bridgehead atoms. The number of carbonyl (C=O) groups excluding carboxylic acids is 2. The molecule has 2 N–H and O–H groups in total. The SMILES string of the molecule is COCP(=O)(NC(C)C(=O)OC(C)C)Oc1ccc(COC(=O)Nc2ccn([C@@H]3O[C@H](CO[Si](C)(C)C)[C@@H](O[Si](C)(C)C)C3(F)F)c(=O)n2)cc1. The maximum absolute atomic E-state index is 15.8. The van der Waals surface area contributed by atoms with Crippen molar-refractivity contribution in [2.75, 3.05) is 25.4 Å². The molecule has 51 heavy (non-hydrogen) atoms. The molecule has 1 aliphatic heterocycles. The van der Waals surface area contributed by atoms with E-state index in [2.05, 4.69) is 15.4 Å². The molecule has 5 atom stereocenters. The molecule has 1 aromatic carbocycles. The van der Waals surface area contributed by atoms with Gasteiger partial charge in [-0.2, -0.15) is 13.8 Å². The molecule has 0 saturated carbocycles. The number of alkyl halides is 2. The smallest absolute Gasteiger partial charge is 0.413 e. The molecule has 0 radical (unpaired) electrons. The molecule has 1 amide bonds. The van der Waals surface area contributed by atoms with Crippen molar-refractivity contribution >= 4 is 42.0 Å². The number of hydrogen-bond donors (Lipinski definition) is 2. The second-order valence-corrected chi connectivity index (χ2v) is 25.2. The van der Waals surface area contributed by atoms with Gasteiger partial charge >= 0.3 is 31.2 Å². The fraction of sp³-hybridized carbons (Fsp3) is 0.613. The Kier molecular flexibility index (Phi) is 14.3. The van der Waals surface area contributed by atoms with Crippen LogP contribution < -0.4 is 20.6 Å². The molecule has 0 spiro atoms. The summed E-state index contributed by atoms with van der Waals surface area (Å²) in [5, 5.41) is 4.95. The van der Waals surface area contributed by atoms with Crippen LogP contribution in [0, 0.1) is 0 Å². The molecule has 0 aliphatic carbocycles. The summed E-state index contributed by atoms with van der Waals surface area (Å²) in [6.45, 7) is 15.6. The third-order valence-corrected chi connectivity index (χ3v) is 10.6. The second-order valence-electron chi connectivity index (χ2n) is 14.1. The molecular weight excluding hydrogens is 730 g/mol. The zero-order valence-corrected chi connectivity index (χ0v) is 33.5. The number of rotatable bonds is 17. The van der Waals surface area contributed by atoms with Gasteiger partial charge in [0.15, 0.2) is 16.6 Å². The molecule has 286 valence electrons. The monoisotopic (exact) mass is 778 g/mol. The van der Waals surface area contributed by atoms with Gasteiger partial charge in [-0.05, 0) is 83.8 Å². The van der Waals surface area contributed by atoms with Crippen LogP contribution >= 0.6 is 7.52 Å². The van der Waals surface area contributed by atoms with E-state index < -0.39 is 72.3 Å². The Hall–Kier alpha value is -3.04. The topological polar surface area (TPSA) is 175 Å². The van der Waals surface area contributed by atoms with Gasteiger partial charge in [0.05, 0.1) is 12.7 Å². The van der Waals surface area contributed by atoms with Crippen molar-refractivity contribution in [3.8, 4) is 5.75 Å². The first-order valence-corrected chi connectivity index (χ1v) is 24.9. The number of hydrogen-bond acceptors (Lipinski definition) is 12. The number of nitrogens with zero attached hydrogens (tertiary/aromatic N) is 2. The molecule has 15 nitrogen and oxygen atoms in total. The van der Waals surface area contributed by atoms with Crippen LogP contribution in [0.3, 0.4) is 0 Å². The molecule has 1 saturated heterocycles. The van der Waals surface area contributed by atoms with E-state index in [9.17, 15) is 18.9 Å². The van der Waals surface area contributed by atoms with Crippen LogP contribution in [-0.2, 0) is 43.8 Å². The number of benzene rings is 1. The maximum Gasteiger partial charge on any atom is 0.413 e. The Labute approximate surface area is 298 Å². The fourth-order valence-electron chi connectivity index (χ4n) is 4.67. The summed E-state index contributed by atoms with van der Waals surface area (Å²) >= 11 is 0. The van der Waals surface area contributed by atoms with E-state index in [0.717, 1.165) is 6.20 Å². The van der Waals surface area contributed by atoms with Gasteiger partial charge in [0.25, 0.3) is 0 Å². The first-order chi connectivity index (χ1) is 23.5. The average Bonchev–Trinajstić information content (AvgIpc) is 3.22. The van der Waals surface area contributed by atoms with Crippen LogP contribution in [-0.4, -0.2) is 88.6 Å². The molecule has 2 aromatic rings. The Morgan fingerprint density at radius 3 is 2.25 bits per heavy atom. The van der Waals surface area contributed by atoms with Crippen molar-refractivity contribution in [1.82, 2.24) is 14.6 Å². The van der Waals surface area contributed by atoms with Crippen molar-refractivity contribution in [3.63, 3.8) is 0 Å². The quantitative estimate of drug-likeness (QED) is 0.114. The Morgan fingerprint density at radius 1 is 1.06 bits per heavy atom. The molecule has 2 unspecified atom stereocenters. The number of ether oxygens (including phenoxy) is 4. The zero-order valence-electron chi connectivity index (χ0n) is 30.6. The molecule has 1 aromatic heterocycles. The van der Waals surface area contributed by atoms with Crippen LogP contribution in [0.4, 0.5) is 19.4 Å². The molecule has 1 fully saturated rings. The lowest BCUT2D eigenvalue weighted by atomic mass is 10.1. The lowest BCUT2D eigenvalue weighted by molar-refractivity contribution is -0.149. The van der Waals surface area contributed by atoms with Crippen molar-refractivity contribution in [1.29, 1.82) is 0 Å². The van der Waals surface area contributed by atoms with Crippen LogP contribution in [0.1, 0.15) is 32.6 Å². The minimum absolute atomic E-state index is 0.123. The summed E-state index contributed by atoms with van der Waals surface area (Å²) in [5.41, 5.74) is -0.564. The molecule has 1 aliphatic rings. The number of carbonyl (C=O) groups is 2. The second kappa shape index (κ2) is 17.2. The van der Waals surface area contributed by atoms with Gasteiger partial charge in [0.2, 0.25) is 6.23 Å². The number of halogens is 2. The van der Waals surface area contributed by atoms with Crippen molar-refractivity contribution in [2.24, 2.45) is 0 Å². The highest BCUT2D eigenvalue weighted by molar-refractivity contribution is 7.57. The summed E-state index contributed by atoms with van der Waals surface area (Å²) in [4.78, 5) is 41.3. The summed E-state index contributed by atoms with van der Waals surface area (Å²) in [6.07, 6.45) is -5.36. The lowest BCUT2D eigenvalue weighted by Gasteiger charge is -2.31. The van der Waals surface area contributed by atoms with Gasteiger partial charge in [0, 0.05) is 13.3 Å². The summed E-state index contributed by atoms with van der Waals surface area (Å²) in [6, 6.07) is 6.32. The van der Waals surface area contributed by atoms with Crippen molar-refractivity contribution < 1.29 is 55.3 Å². The van der Waals surface area contributed by atoms with E-state index in [4.69, 9.17) is 32.3 Å². The first kappa shape index (κ1) is 42.4. The molecule has 20 heteroatoms. The summed E-state index contributed by atoms with van der Waals surface area (Å²) < 4.78 is 83.9. The predicted molar refractivity (Wildman–Crippen MR) is 189 cm³/mol. The molecule has 3 rings (SSSR count). The highest BCUT2D eigenvalue weighted by Crippen LogP contribution is 2.45. The van der Waals surface area contributed by atoms with E-state index in [1.807, 2.05) is 19.6 Å². The standard InChI is InChI=1S/C31H49F2N4O11PSi2/c1-20(2)45-27(38)21(3)36-49(41,19-42-4)47-23-13-11-22(12-14-23)17-43-30(40)35-25-15-16-37(29(39)34-25)28-31(32,33)26(48-51(8,9)10)24(46-28)18-44-50(5,6)7/h11-16,20-21,24,26,28H,17-19H2,1-10H3,(H,36,41)(H,34,35,39,40)/t21?,24-,26-,28-,49?/m1/s1. The number of esters is 1. The van der Waals surface area contributed by atoms with E-state index >= 15 is 8.78 Å². The van der Waals surface area contributed by atoms with Crippen LogP contribution in [0.2, 0.25) is 39.3 Å². The lowest BCUT2D eigenvalue weighted by Crippen LogP contribution is -2.49. The van der Waals surface area contributed by atoms with Crippen LogP contribution in [0.25, 0.3) is 0 Å². The van der Waals surface area contributed by atoms with Crippen molar-refractivity contribution in [3.05, 3.63) is 52.6 Å². The highest BCUT2D eigenvalue weighted by Gasteiger charge is 2.61. The van der Waals surface area contributed by atoms with Gasteiger partial charge in [-0.1, -0.05) is 12.1 Å². The minimum Gasteiger partial charge on any atom is -0.462 e. The third-order valence-electron chi connectivity index (χ3n) is 6.76. The minimum atomic E-state index is -3.69. The van der Waals surface area contributed by atoms with Gasteiger partial charge in [-0.15, -0.1) is 0 Å². The Bertz CT molecular complexity index is 1600. The van der Waals surface area contributed by atoms with Gasteiger partial charge in [0.1, 0.15) is 42.8 Å². The number of anilines is 1. The van der Waals surface area contributed by atoms with Crippen LogP contribution in [0.5, 0.6) is 5.75 Å². The Balaban J connectivity index is 1.62.